The largest absolute Gasteiger partial charge is 0.573 e. The Balaban J connectivity index is 0.979. The fraction of sp³-hybridized carbons (Fsp3) is 0.386. The number of nitrogens with two attached hydrogens (primary N) is 2. The molecule has 0 saturated carbocycles. The van der Waals surface area contributed by atoms with Gasteiger partial charge in [-0.2, -0.15) is 4.98 Å². The zero-order valence-corrected chi connectivity index (χ0v) is 70.5. The fourth-order valence-corrected chi connectivity index (χ4v) is 15.7. The maximum atomic E-state index is 16.3. The minimum Gasteiger partial charge on any atom is -0.508 e. The van der Waals surface area contributed by atoms with Crippen LogP contribution in [0.5, 0.6) is 51.7 Å². The molecule has 7 aliphatic rings. The van der Waals surface area contributed by atoms with E-state index in [1.807, 2.05) is 19.3 Å². The smallest absolute Gasteiger partial charge is 0.508 e. The summed E-state index contributed by atoms with van der Waals surface area (Å²) in [6.45, 7) is 6.81. The van der Waals surface area contributed by atoms with Gasteiger partial charge in [-0.05, 0) is 132 Å². The molecule has 0 spiro atoms. The van der Waals surface area contributed by atoms with Crippen molar-refractivity contribution in [3.8, 4) is 62.9 Å². The van der Waals surface area contributed by atoms with E-state index in [9.17, 15) is 97.5 Å². The number of phenolic OH excluding ortho intramolecular Hbond substituents is 3. The standard InChI is InChI=1S/C83H89Cl2F3N14O28/c1-32(2)20-33(3)72(115)98-62-64(109)37-9-14-49(44(84)23-37)125-51-25-39-26-52(68(51)129-80-69(67(112)66(111)53(31-103)127-80)128-57-30-82(5,70(113)34(4)124-57)91-17-19-102-18-16-55(94-81(102)123)93-56(108)21-35-6-11-41(12-7-35)130-83(86,87)88)126-50-15-10-38(24-45(50)85)65(110)63-77(120)97-61(78(121)100-101-79(122)71(90)114)43-27-40(104)28-48(106)58(43)42-22-36(8-13-47(42)105)59(74(117)99-63)96-75(118)60(39)95-73(116)46(29-54(89)107)92-76(62)119/h6-16,18,22-28,32-34,46,53,57,59-67,69-70,80,91,103-106,109-113H,17,19-21,29-31H2,1-5H3,(H2,89,107)(H2,90,114)(H,92,119)(H,95,116)(H,96,118)(H,97,120)(H,98,115)(H,99,117)(H,100,121)(H,101,122)(H,93,94,108,123)/t33-,34+,46+,53-,57+,59-,60-,61-,62-,63+,64-,65-,66-,67+,69-,70-,80+,82+/m1/s1. The Morgan fingerprint density at radius 2 is 1.33 bits per heavy atom. The van der Waals surface area contributed by atoms with E-state index in [1.54, 1.807) is 12.3 Å². The monoisotopic (exact) mass is 1860 g/mol. The molecule has 2 fully saturated rings. The number of aromatic nitrogens is 2. The molecule has 6 aromatic carbocycles. The number of amides is 11. The van der Waals surface area contributed by atoms with Crippen LogP contribution in [0.2, 0.25) is 10.0 Å². The zero-order valence-electron chi connectivity index (χ0n) is 69.0. The number of aliphatic hydroxyl groups excluding tert-OH is 6. The molecule has 694 valence electrons. The van der Waals surface area contributed by atoms with E-state index in [4.69, 9.17) is 63.1 Å². The molecular formula is C83H89Cl2F3N14O28. The van der Waals surface area contributed by atoms with Crippen LogP contribution >= 0.6 is 23.2 Å². The molecule has 8 heterocycles. The van der Waals surface area contributed by atoms with Gasteiger partial charge in [0.1, 0.15) is 107 Å². The summed E-state index contributed by atoms with van der Waals surface area (Å²) in [6, 6.07) is 4.87. The van der Waals surface area contributed by atoms with Crippen molar-refractivity contribution in [2.45, 2.75) is 176 Å². The first-order valence-corrected chi connectivity index (χ1v) is 40.7. The third kappa shape index (κ3) is 22.3. The highest BCUT2D eigenvalue weighted by molar-refractivity contribution is 6.34. The number of nitrogens with one attached hydrogen (secondary N) is 10. The van der Waals surface area contributed by atoms with Crippen molar-refractivity contribution in [2.75, 3.05) is 18.5 Å². The molecule has 1 aromatic heterocycles. The lowest BCUT2D eigenvalue weighted by Gasteiger charge is -2.48. The Bertz CT molecular complexity index is 5630. The number of halogens is 5. The second kappa shape index (κ2) is 39.9. The number of benzene rings is 6. The van der Waals surface area contributed by atoms with E-state index >= 15 is 19.2 Å². The zero-order chi connectivity index (χ0) is 94.6. The summed E-state index contributed by atoms with van der Waals surface area (Å²) in [5.41, 5.74) is 9.03. The molecule has 0 unspecified atom stereocenters. The summed E-state index contributed by atoms with van der Waals surface area (Å²) in [5, 5.41) is 126. The number of aliphatic hydroxyl groups is 6. The highest BCUT2D eigenvalue weighted by atomic mass is 35.5. The molecule has 7 aliphatic heterocycles. The van der Waals surface area contributed by atoms with Crippen molar-refractivity contribution < 1.29 is 145 Å². The number of anilines is 1. The van der Waals surface area contributed by atoms with Crippen LogP contribution in [0.1, 0.15) is 118 Å². The van der Waals surface area contributed by atoms with Gasteiger partial charge in [0, 0.05) is 54.4 Å². The van der Waals surface area contributed by atoms with Crippen LogP contribution in [0, 0.1) is 11.8 Å². The maximum Gasteiger partial charge on any atom is 0.573 e. The van der Waals surface area contributed by atoms with Gasteiger partial charge in [0.2, 0.25) is 59.3 Å². The predicted octanol–water partition coefficient (Wildman–Crippen LogP) is 0.670. The number of carbonyl (C=O) groups excluding carboxylic acids is 11. The summed E-state index contributed by atoms with van der Waals surface area (Å²) in [6.07, 6.45) is -24.1. The maximum absolute atomic E-state index is 16.3. The van der Waals surface area contributed by atoms with Crippen molar-refractivity contribution in [1.29, 1.82) is 0 Å². The van der Waals surface area contributed by atoms with Crippen LogP contribution < -0.4 is 89.5 Å². The third-order valence-electron chi connectivity index (χ3n) is 21.7. The number of alkyl halides is 3. The van der Waals surface area contributed by atoms with Gasteiger partial charge in [-0.1, -0.05) is 74.3 Å². The van der Waals surface area contributed by atoms with Gasteiger partial charge in [0.25, 0.3) is 5.91 Å². The number of ether oxygens (including phenoxy) is 7. The number of aromatic hydroxyl groups is 3. The predicted molar refractivity (Wildman–Crippen MR) is 441 cm³/mol. The molecule has 0 aliphatic carbocycles. The van der Waals surface area contributed by atoms with Crippen molar-refractivity contribution >= 4 is 94.0 Å². The highest BCUT2D eigenvalue weighted by Crippen LogP contribution is 2.50. The van der Waals surface area contributed by atoms with Crippen LogP contribution in [-0.2, 0) is 79.9 Å². The quantitative estimate of drug-likeness (QED) is 0.0368. The lowest BCUT2D eigenvalue weighted by Crippen LogP contribution is -2.65. The first-order valence-electron chi connectivity index (χ1n) is 40.0. The lowest BCUT2D eigenvalue weighted by molar-refractivity contribution is -0.334. The Hall–Kier alpha value is -13.1. The number of hydrogen-bond acceptors (Lipinski definition) is 30. The minimum absolute atomic E-state index is 0.0936. The average Bonchev–Trinajstić information content (AvgIpc) is 0.762. The number of hydrogen-bond donors (Lipinski definition) is 21. The molecule has 23 N–H and O–H groups in total. The van der Waals surface area contributed by atoms with Crippen LogP contribution in [-0.4, -0.2) is 213 Å². The number of fused-ring (bicyclic) bond motifs is 15. The summed E-state index contributed by atoms with van der Waals surface area (Å²) in [4.78, 5) is 174. The molecule has 14 rings (SSSR count). The fourth-order valence-electron chi connectivity index (χ4n) is 15.2. The number of primary amides is 2. The molecule has 11 bridgehead atoms. The summed E-state index contributed by atoms with van der Waals surface area (Å²) < 4.78 is 82.4. The van der Waals surface area contributed by atoms with E-state index in [-0.39, 0.29) is 55.2 Å². The topological polar surface area (TPSA) is 642 Å². The number of phenols is 3. The summed E-state index contributed by atoms with van der Waals surface area (Å²) in [7, 11) is 0. The molecule has 2 saturated heterocycles. The van der Waals surface area contributed by atoms with Crippen molar-refractivity contribution in [1.82, 2.24) is 57.6 Å². The number of rotatable bonds is 20. The normalized spacial score (nSPS) is 25.4. The van der Waals surface area contributed by atoms with Crippen molar-refractivity contribution in [3.63, 3.8) is 0 Å². The third-order valence-corrected chi connectivity index (χ3v) is 22.3. The Morgan fingerprint density at radius 3 is 1.95 bits per heavy atom. The Morgan fingerprint density at radius 1 is 0.700 bits per heavy atom. The van der Waals surface area contributed by atoms with E-state index < -0.39 is 289 Å². The lowest BCUT2D eigenvalue weighted by atomic mass is 9.85. The molecule has 0 radical (unpaired) electrons. The summed E-state index contributed by atoms with van der Waals surface area (Å²) in [5.74, 6) is -22.2. The van der Waals surface area contributed by atoms with Crippen LogP contribution in [0.15, 0.2) is 120 Å². The molecule has 47 heteroatoms. The van der Waals surface area contributed by atoms with Crippen molar-refractivity contribution in [3.05, 3.63) is 169 Å². The Kier molecular flexibility index (Phi) is 29.5. The van der Waals surface area contributed by atoms with Gasteiger partial charge in [-0.15, -0.1) is 13.2 Å². The van der Waals surface area contributed by atoms with Gasteiger partial charge in [0.05, 0.1) is 41.7 Å². The van der Waals surface area contributed by atoms with Gasteiger partial charge in [-0.3, -0.25) is 68.2 Å². The van der Waals surface area contributed by atoms with E-state index in [2.05, 4.69) is 52.3 Å². The molecular weight excluding hydrogens is 1770 g/mol. The SMILES string of the molecule is CC(C)C[C@@H](C)C(=O)N[C@H]1C(=O)N[C@@H](CC(N)=O)C(=O)N[C@H]2C(=O)N[C@H]3C(=O)N[C@H](C(=O)N[C@@H](C(=O)NNC(=O)C(N)=O)c4cc(O)cc(O)c4-c4cc3ccc4O)[C@H](O)c3ccc(c(Cl)c3)Oc3cc2cc(c3O[C@@H]2O[C@H](CO)[C@@H](O)[C@H](O)[C@H]2O[C@H]2C[C@](C)(NCCn3ccc(NC(=O)Cc4ccc(OC(F)(F)F)cc4)nc3=O)[C@H](O)[C@H](C)O2)Oc2ccc(cc2Cl)[C@H]1O. The Labute approximate surface area is 743 Å². The average molecular weight is 1860 g/mol. The molecule has 11 amide bonds. The second-order valence-corrected chi connectivity index (χ2v) is 32.6. The van der Waals surface area contributed by atoms with E-state index in [0.29, 0.717) is 11.6 Å². The molecule has 7 aromatic rings. The molecule has 18 atom stereocenters. The van der Waals surface area contributed by atoms with Gasteiger partial charge in [0.15, 0.2) is 23.9 Å². The number of hydrazine groups is 1. The van der Waals surface area contributed by atoms with Crippen LogP contribution in [0.3, 0.4) is 0 Å². The van der Waals surface area contributed by atoms with Gasteiger partial charge < -0.3 is 133 Å². The van der Waals surface area contributed by atoms with Crippen LogP contribution in [0.4, 0.5) is 19.0 Å². The first kappa shape index (κ1) is 96.0. The second-order valence-electron chi connectivity index (χ2n) is 31.8. The first-order chi connectivity index (χ1) is 61.3. The van der Waals surface area contributed by atoms with Gasteiger partial charge in [-0.25, -0.2) is 4.79 Å². The van der Waals surface area contributed by atoms with Crippen molar-refractivity contribution in [2.24, 2.45) is 23.3 Å². The number of carbonyl (C=O) groups is 11. The summed E-state index contributed by atoms with van der Waals surface area (Å²) >= 11 is 14.3. The highest BCUT2D eigenvalue weighted by Gasteiger charge is 2.53. The minimum atomic E-state index is -4.95. The van der Waals surface area contributed by atoms with Gasteiger partial charge >= 0.3 is 23.9 Å². The number of nitrogens with zero attached hydrogens (tertiary/aromatic N) is 2. The molecule has 42 nitrogen and oxygen atoms in total. The van der Waals surface area contributed by atoms with E-state index in [0.717, 1.165) is 83.4 Å². The molecule has 130 heavy (non-hydrogen) atoms. The van der Waals surface area contributed by atoms with Crippen LogP contribution in [0.25, 0.3) is 11.1 Å². The van der Waals surface area contributed by atoms with E-state index in [1.165, 1.54) is 44.3 Å².